The van der Waals surface area contributed by atoms with Crippen LogP contribution in [0.3, 0.4) is 0 Å². The fraction of sp³-hybridized carbons (Fsp3) is 0.423. The molecule has 3 aromatic rings. The van der Waals surface area contributed by atoms with Gasteiger partial charge in [0, 0.05) is 17.5 Å². The summed E-state index contributed by atoms with van der Waals surface area (Å²) in [6.07, 6.45) is 1.38. The summed E-state index contributed by atoms with van der Waals surface area (Å²) in [6.45, 7) is 10.2. The Morgan fingerprint density at radius 2 is 1.86 bits per heavy atom. The molecule has 184 valence electrons. The fourth-order valence-corrected chi connectivity index (χ4v) is 4.29. The maximum absolute atomic E-state index is 12.8. The molecule has 0 aliphatic carbocycles. The molecule has 1 saturated heterocycles. The van der Waals surface area contributed by atoms with Gasteiger partial charge in [-0.1, -0.05) is 56.3 Å². The molecular weight excluding hydrogens is 446 g/mol. The van der Waals surface area contributed by atoms with E-state index in [1.165, 1.54) is 11.6 Å². The lowest BCUT2D eigenvalue weighted by Gasteiger charge is -2.30. The molecule has 1 N–H and O–H groups in total. The summed E-state index contributed by atoms with van der Waals surface area (Å²) in [5, 5.41) is 18.2. The number of benzene rings is 2. The average molecular weight is 478 g/mol. The topological polar surface area (TPSA) is 114 Å². The van der Waals surface area contributed by atoms with Crippen LogP contribution in [0.15, 0.2) is 47.0 Å². The second-order valence-corrected chi connectivity index (χ2v) is 10.1. The highest BCUT2D eigenvalue weighted by Crippen LogP contribution is 2.28. The Hall–Kier alpha value is -3.59. The van der Waals surface area contributed by atoms with Crippen molar-refractivity contribution < 1.29 is 14.2 Å². The van der Waals surface area contributed by atoms with Crippen LogP contribution in [0.5, 0.6) is 0 Å². The lowest BCUT2D eigenvalue weighted by molar-refractivity contribution is -0.385. The van der Waals surface area contributed by atoms with Crippen molar-refractivity contribution >= 4 is 17.3 Å². The van der Waals surface area contributed by atoms with Crippen LogP contribution in [0.1, 0.15) is 50.6 Å². The Morgan fingerprint density at radius 3 is 2.49 bits per heavy atom. The Labute approximate surface area is 204 Å². The third-order valence-electron chi connectivity index (χ3n) is 6.55. The maximum Gasteiger partial charge on any atom is 0.274 e. The number of carbonyl (C=O) groups is 1. The quantitative estimate of drug-likeness (QED) is 0.388. The Kier molecular flexibility index (Phi) is 6.98. The van der Waals surface area contributed by atoms with Crippen molar-refractivity contribution in [2.75, 3.05) is 18.4 Å². The predicted octanol–water partition coefficient (Wildman–Crippen LogP) is 5.10. The highest BCUT2D eigenvalue weighted by Gasteiger charge is 2.27. The number of nitro groups is 1. The van der Waals surface area contributed by atoms with Crippen LogP contribution in [0.4, 0.5) is 11.4 Å². The fourth-order valence-electron chi connectivity index (χ4n) is 4.29. The van der Waals surface area contributed by atoms with E-state index < -0.39 is 4.92 Å². The van der Waals surface area contributed by atoms with Gasteiger partial charge in [-0.25, -0.2) is 0 Å². The lowest BCUT2D eigenvalue weighted by atomic mass is 9.87. The first-order chi connectivity index (χ1) is 16.6. The molecule has 9 heteroatoms. The number of amides is 1. The number of nitrogens with zero attached hydrogens (tertiary/aromatic N) is 4. The van der Waals surface area contributed by atoms with Gasteiger partial charge in [0.15, 0.2) is 0 Å². The zero-order valence-corrected chi connectivity index (χ0v) is 20.6. The van der Waals surface area contributed by atoms with E-state index >= 15 is 0 Å². The maximum atomic E-state index is 12.8. The summed E-state index contributed by atoms with van der Waals surface area (Å²) in [7, 11) is 0. The van der Waals surface area contributed by atoms with Crippen molar-refractivity contribution in [1.82, 2.24) is 15.0 Å². The molecule has 2 heterocycles. The summed E-state index contributed by atoms with van der Waals surface area (Å²) < 4.78 is 5.48. The number of anilines is 1. The average Bonchev–Trinajstić information content (AvgIpc) is 3.28. The standard InChI is InChI=1S/C26H31N5O4/c1-17-21(6-5-7-22(17)31(33)34)27-25(32)19-12-14-30(15-13-19)16-23-28-24(29-35-23)18-8-10-20(11-9-18)26(2,3)4/h5-11,19H,12-16H2,1-4H3,(H,27,32). The molecule has 9 nitrogen and oxygen atoms in total. The number of hydrogen-bond donors (Lipinski definition) is 1. The SMILES string of the molecule is Cc1c(NC(=O)C2CCN(Cc3nc(-c4ccc(C(C)(C)C)cc4)no3)CC2)cccc1[N+](=O)[O-]. The number of likely N-dealkylation sites (tertiary alicyclic amines) is 1. The molecule has 0 spiro atoms. The summed E-state index contributed by atoms with van der Waals surface area (Å²) in [6, 6.07) is 12.9. The lowest BCUT2D eigenvalue weighted by Crippen LogP contribution is -2.37. The zero-order valence-electron chi connectivity index (χ0n) is 20.6. The van der Waals surface area contributed by atoms with Crippen molar-refractivity contribution in [3.63, 3.8) is 0 Å². The van der Waals surface area contributed by atoms with E-state index in [1.807, 2.05) is 12.1 Å². The summed E-state index contributed by atoms with van der Waals surface area (Å²) in [5.74, 6) is 0.869. The van der Waals surface area contributed by atoms with Crippen molar-refractivity contribution in [1.29, 1.82) is 0 Å². The summed E-state index contributed by atoms with van der Waals surface area (Å²) >= 11 is 0. The zero-order chi connectivity index (χ0) is 25.2. The van der Waals surface area contributed by atoms with Crippen LogP contribution in [0.2, 0.25) is 0 Å². The van der Waals surface area contributed by atoms with Gasteiger partial charge in [0.25, 0.3) is 5.69 Å². The minimum atomic E-state index is -0.437. The second kappa shape index (κ2) is 9.95. The molecule has 2 aromatic carbocycles. The molecule has 4 rings (SSSR count). The van der Waals surface area contributed by atoms with E-state index in [-0.39, 0.29) is 22.9 Å². The number of nitrogens with one attached hydrogen (secondary N) is 1. The molecule has 1 aromatic heterocycles. The van der Waals surface area contributed by atoms with E-state index in [1.54, 1.807) is 19.1 Å². The highest BCUT2D eigenvalue weighted by atomic mass is 16.6. The van der Waals surface area contributed by atoms with Crippen molar-refractivity contribution in [3.8, 4) is 11.4 Å². The minimum Gasteiger partial charge on any atom is -0.338 e. The normalized spacial score (nSPS) is 15.2. The Balaban J connectivity index is 1.31. The van der Waals surface area contributed by atoms with Gasteiger partial charge in [-0.15, -0.1) is 0 Å². The third-order valence-corrected chi connectivity index (χ3v) is 6.55. The van der Waals surface area contributed by atoms with E-state index in [0.717, 1.165) is 18.7 Å². The summed E-state index contributed by atoms with van der Waals surface area (Å²) in [4.78, 5) is 30.2. The molecule has 0 radical (unpaired) electrons. The number of rotatable bonds is 6. The number of carbonyl (C=O) groups excluding carboxylic acids is 1. The number of aromatic nitrogens is 2. The van der Waals surface area contributed by atoms with Gasteiger partial charge in [-0.2, -0.15) is 4.98 Å². The molecule has 1 aliphatic rings. The first-order valence-electron chi connectivity index (χ1n) is 11.8. The van der Waals surface area contributed by atoms with Gasteiger partial charge in [-0.3, -0.25) is 19.8 Å². The molecule has 35 heavy (non-hydrogen) atoms. The van der Waals surface area contributed by atoms with Gasteiger partial charge < -0.3 is 9.84 Å². The van der Waals surface area contributed by atoms with E-state index in [4.69, 9.17) is 4.52 Å². The second-order valence-electron chi connectivity index (χ2n) is 10.1. The Bertz CT molecular complexity index is 1210. The van der Waals surface area contributed by atoms with E-state index in [2.05, 4.69) is 53.3 Å². The molecule has 0 atom stereocenters. The highest BCUT2D eigenvalue weighted by molar-refractivity contribution is 5.93. The number of hydrogen-bond acceptors (Lipinski definition) is 7. The molecule has 1 amide bonds. The van der Waals surface area contributed by atoms with Gasteiger partial charge >= 0.3 is 0 Å². The Morgan fingerprint density at radius 1 is 1.17 bits per heavy atom. The van der Waals surface area contributed by atoms with Gasteiger partial charge in [-0.05, 0) is 49.9 Å². The van der Waals surface area contributed by atoms with Crippen LogP contribution in [0.25, 0.3) is 11.4 Å². The van der Waals surface area contributed by atoms with Crippen molar-refractivity contribution in [3.05, 3.63) is 69.6 Å². The van der Waals surface area contributed by atoms with Crippen molar-refractivity contribution in [2.24, 2.45) is 5.92 Å². The van der Waals surface area contributed by atoms with Crippen LogP contribution in [-0.4, -0.2) is 39.0 Å². The first-order valence-corrected chi connectivity index (χ1v) is 11.8. The monoisotopic (exact) mass is 477 g/mol. The van der Waals surface area contributed by atoms with Crippen LogP contribution >= 0.6 is 0 Å². The molecule has 0 bridgehead atoms. The predicted molar refractivity (Wildman–Crippen MR) is 133 cm³/mol. The number of nitro benzene ring substituents is 1. The summed E-state index contributed by atoms with van der Waals surface area (Å²) in [5.41, 5.74) is 3.20. The third kappa shape index (κ3) is 5.74. The molecular formula is C26H31N5O4. The van der Waals surface area contributed by atoms with Gasteiger partial charge in [0.1, 0.15) is 0 Å². The van der Waals surface area contributed by atoms with E-state index in [0.29, 0.717) is 42.4 Å². The molecule has 1 fully saturated rings. The van der Waals surface area contributed by atoms with Gasteiger partial charge in [0.2, 0.25) is 17.6 Å². The van der Waals surface area contributed by atoms with Crippen molar-refractivity contribution in [2.45, 2.75) is 52.5 Å². The molecule has 0 saturated carbocycles. The van der Waals surface area contributed by atoms with Crippen LogP contribution in [0, 0.1) is 23.0 Å². The van der Waals surface area contributed by atoms with Crippen LogP contribution in [-0.2, 0) is 16.8 Å². The van der Waals surface area contributed by atoms with Gasteiger partial charge in [0.05, 0.1) is 22.7 Å². The molecule has 0 unspecified atom stereocenters. The first kappa shape index (κ1) is 24.5. The largest absolute Gasteiger partial charge is 0.338 e. The molecule has 1 aliphatic heterocycles. The number of piperidine rings is 1. The van der Waals surface area contributed by atoms with Crippen LogP contribution < -0.4 is 5.32 Å². The smallest absolute Gasteiger partial charge is 0.274 e. The van der Waals surface area contributed by atoms with E-state index in [9.17, 15) is 14.9 Å². The minimum absolute atomic E-state index is 0.00157.